The minimum atomic E-state index is 0.157. The third kappa shape index (κ3) is 3.03. The molecule has 0 nitrogen and oxygen atoms in total. The summed E-state index contributed by atoms with van der Waals surface area (Å²) < 4.78 is 0. The van der Waals surface area contributed by atoms with Gasteiger partial charge in [0.25, 0.3) is 0 Å². The third-order valence-corrected chi connectivity index (χ3v) is 8.12. The Morgan fingerprint density at radius 3 is 1.73 bits per heavy atom. The molecular weight excluding hydrogens is 444 g/mol. The molecule has 0 saturated carbocycles. The van der Waals surface area contributed by atoms with Gasteiger partial charge in [0.15, 0.2) is 0 Å². The summed E-state index contributed by atoms with van der Waals surface area (Å²) in [5, 5.41) is 7.82. The second-order valence-corrected chi connectivity index (χ2v) is 10.1. The topological polar surface area (TPSA) is 0 Å². The fraction of sp³-hybridized carbons (Fsp3) is 0.0270. The Labute approximate surface area is 216 Å². The predicted molar refractivity (Wildman–Crippen MR) is 157 cm³/mol. The van der Waals surface area contributed by atoms with Crippen LogP contribution in [0, 0.1) is 0 Å². The molecule has 0 N–H and O–H groups in total. The van der Waals surface area contributed by atoms with E-state index in [1.54, 1.807) is 0 Å². The van der Waals surface area contributed by atoms with Crippen LogP contribution in [-0.2, 0) is 0 Å². The van der Waals surface area contributed by atoms with Gasteiger partial charge < -0.3 is 0 Å². The van der Waals surface area contributed by atoms with E-state index in [-0.39, 0.29) is 5.92 Å². The molecule has 1 aliphatic rings. The smallest absolute Gasteiger partial charge is 0.0370 e. The number of rotatable bonds is 2. The van der Waals surface area contributed by atoms with E-state index in [1.807, 2.05) is 0 Å². The van der Waals surface area contributed by atoms with Gasteiger partial charge in [0.1, 0.15) is 0 Å². The number of hydrogen-bond acceptors (Lipinski definition) is 0. The average molecular weight is 469 g/mol. The Kier molecular flexibility index (Phi) is 4.39. The molecule has 0 spiro atoms. The minimum Gasteiger partial charge on any atom is -0.0619 e. The van der Waals surface area contributed by atoms with Crippen molar-refractivity contribution in [3.05, 3.63) is 156 Å². The van der Waals surface area contributed by atoms with Gasteiger partial charge in [-0.15, -0.1) is 0 Å². The van der Waals surface area contributed by atoms with E-state index in [0.29, 0.717) is 0 Å². The van der Waals surface area contributed by atoms with Crippen molar-refractivity contribution in [2.24, 2.45) is 0 Å². The highest BCUT2D eigenvalue weighted by Crippen LogP contribution is 2.54. The van der Waals surface area contributed by atoms with Crippen LogP contribution in [0.25, 0.3) is 54.6 Å². The van der Waals surface area contributed by atoms with Crippen molar-refractivity contribution in [2.75, 3.05) is 0 Å². The molecule has 37 heavy (non-hydrogen) atoms. The largest absolute Gasteiger partial charge is 0.0619 e. The molecule has 0 aliphatic heterocycles. The predicted octanol–water partition coefficient (Wildman–Crippen LogP) is 9.97. The van der Waals surface area contributed by atoms with Gasteiger partial charge in [-0.3, -0.25) is 0 Å². The standard InChI is InChI=1S/C37H24/c1-2-11-25-22-28(21-20-24(25)10-1)31-18-9-19-33-32-16-7-8-17-34(32)37(36(31)33)35-29-14-5-3-12-26(29)23-27-13-4-6-15-30(27)35/h1-23,37H. The summed E-state index contributed by atoms with van der Waals surface area (Å²) in [7, 11) is 0. The molecule has 172 valence electrons. The van der Waals surface area contributed by atoms with Gasteiger partial charge in [0.2, 0.25) is 0 Å². The van der Waals surface area contributed by atoms with E-state index in [1.165, 1.54) is 71.3 Å². The van der Waals surface area contributed by atoms with Crippen LogP contribution >= 0.6 is 0 Å². The van der Waals surface area contributed by atoms with Gasteiger partial charge in [-0.25, -0.2) is 0 Å². The van der Waals surface area contributed by atoms with Crippen LogP contribution in [0.15, 0.2) is 140 Å². The lowest BCUT2D eigenvalue weighted by molar-refractivity contribution is 1.04. The minimum absolute atomic E-state index is 0.157. The van der Waals surface area contributed by atoms with Crippen LogP contribution in [0.4, 0.5) is 0 Å². The number of hydrogen-bond donors (Lipinski definition) is 0. The van der Waals surface area contributed by atoms with Crippen LogP contribution in [-0.4, -0.2) is 0 Å². The zero-order valence-electron chi connectivity index (χ0n) is 20.4. The summed E-state index contributed by atoms with van der Waals surface area (Å²) in [4.78, 5) is 0. The molecule has 1 unspecified atom stereocenters. The molecule has 0 aromatic heterocycles. The second-order valence-electron chi connectivity index (χ2n) is 10.1. The maximum absolute atomic E-state index is 2.35. The van der Waals surface area contributed by atoms with Crippen molar-refractivity contribution in [1.29, 1.82) is 0 Å². The van der Waals surface area contributed by atoms with Crippen LogP contribution < -0.4 is 0 Å². The molecule has 0 saturated heterocycles. The zero-order chi connectivity index (χ0) is 24.3. The molecule has 1 aliphatic carbocycles. The van der Waals surface area contributed by atoms with Crippen molar-refractivity contribution in [3.63, 3.8) is 0 Å². The fourth-order valence-corrected chi connectivity index (χ4v) is 6.53. The van der Waals surface area contributed by atoms with Gasteiger partial charge >= 0.3 is 0 Å². The molecule has 0 fully saturated rings. The molecule has 7 aromatic rings. The second kappa shape index (κ2) is 7.91. The van der Waals surface area contributed by atoms with Crippen LogP contribution in [0.1, 0.15) is 22.6 Å². The fourth-order valence-electron chi connectivity index (χ4n) is 6.53. The highest BCUT2D eigenvalue weighted by molar-refractivity contribution is 6.05. The van der Waals surface area contributed by atoms with Crippen molar-refractivity contribution in [3.8, 4) is 22.3 Å². The van der Waals surface area contributed by atoms with Crippen LogP contribution in [0.5, 0.6) is 0 Å². The molecular formula is C37H24. The zero-order valence-corrected chi connectivity index (χ0v) is 20.4. The van der Waals surface area contributed by atoms with Gasteiger partial charge in [-0.05, 0) is 83.4 Å². The van der Waals surface area contributed by atoms with Gasteiger partial charge in [-0.2, -0.15) is 0 Å². The molecule has 0 bridgehead atoms. The highest BCUT2D eigenvalue weighted by Gasteiger charge is 2.34. The van der Waals surface area contributed by atoms with E-state index in [4.69, 9.17) is 0 Å². The summed E-state index contributed by atoms with van der Waals surface area (Å²) in [5.41, 5.74) is 9.52. The maximum Gasteiger partial charge on any atom is 0.0370 e. The summed E-state index contributed by atoms with van der Waals surface area (Å²) in [5.74, 6) is 0.157. The third-order valence-electron chi connectivity index (χ3n) is 8.12. The molecule has 8 rings (SSSR count). The van der Waals surface area contributed by atoms with E-state index < -0.39 is 0 Å². The van der Waals surface area contributed by atoms with E-state index >= 15 is 0 Å². The van der Waals surface area contributed by atoms with Crippen molar-refractivity contribution in [1.82, 2.24) is 0 Å². The lowest BCUT2D eigenvalue weighted by atomic mass is 9.80. The van der Waals surface area contributed by atoms with E-state index in [2.05, 4.69) is 140 Å². The Morgan fingerprint density at radius 2 is 0.946 bits per heavy atom. The summed E-state index contributed by atoms with van der Waals surface area (Å²) in [6.07, 6.45) is 0. The maximum atomic E-state index is 2.35. The van der Waals surface area contributed by atoms with Crippen LogP contribution in [0.3, 0.4) is 0 Å². The first kappa shape index (κ1) is 20.5. The first-order valence-corrected chi connectivity index (χ1v) is 13.0. The monoisotopic (exact) mass is 468 g/mol. The molecule has 7 aromatic carbocycles. The molecule has 0 heteroatoms. The normalized spacial score (nSPS) is 14.2. The number of benzene rings is 7. The quantitative estimate of drug-likeness (QED) is 0.221. The first-order chi connectivity index (χ1) is 18.4. The Balaban J connectivity index is 1.50. The molecule has 0 heterocycles. The Morgan fingerprint density at radius 1 is 0.351 bits per heavy atom. The summed E-state index contributed by atoms with van der Waals surface area (Å²) >= 11 is 0. The lowest BCUT2D eigenvalue weighted by Gasteiger charge is -2.22. The summed E-state index contributed by atoms with van der Waals surface area (Å²) in [6.45, 7) is 0. The van der Waals surface area contributed by atoms with Crippen LogP contribution in [0.2, 0.25) is 0 Å². The van der Waals surface area contributed by atoms with Gasteiger partial charge in [0, 0.05) is 5.92 Å². The summed E-state index contributed by atoms with van der Waals surface area (Å²) in [6, 6.07) is 51.5. The van der Waals surface area contributed by atoms with Gasteiger partial charge in [-0.1, -0.05) is 127 Å². The lowest BCUT2D eigenvalue weighted by Crippen LogP contribution is -2.03. The van der Waals surface area contributed by atoms with Crippen molar-refractivity contribution in [2.45, 2.75) is 5.92 Å². The highest BCUT2D eigenvalue weighted by atomic mass is 14.4. The molecule has 0 radical (unpaired) electrons. The first-order valence-electron chi connectivity index (χ1n) is 13.0. The molecule has 0 amide bonds. The van der Waals surface area contributed by atoms with Crippen molar-refractivity contribution >= 4 is 32.3 Å². The SMILES string of the molecule is c1ccc2c(c1)-c1cccc(-c3ccc4ccccc4c3)c1C2c1c2ccccc2cc2ccccc12. The van der Waals surface area contributed by atoms with E-state index in [9.17, 15) is 0 Å². The Bertz CT molecular complexity index is 1940. The Hall–Kier alpha value is -4.68. The van der Waals surface area contributed by atoms with Crippen molar-refractivity contribution < 1.29 is 0 Å². The van der Waals surface area contributed by atoms with E-state index in [0.717, 1.165) is 0 Å². The van der Waals surface area contributed by atoms with Gasteiger partial charge in [0.05, 0.1) is 0 Å². The number of fused-ring (bicyclic) bond motifs is 6. The molecule has 1 atom stereocenters. The average Bonchev–Trinajstić information content (AvgIpc) is 3.30.